The molecule has 0 aromatic rings. The van der Waals surface area contributed by atoms with Crippen molar-refractivity contribution in [1.82, 2.24) is 14.7 Å². The van der Waals surface area contributed by atoms with Gasteiger partial charge in [-0.05, 0) is 101 Å². The van der Waals surface area contributed by atoms with Crippen LogP contribution in [0.3, 0.4) is 0 Å². The first-order valence-electron chi connectivity index (χ1n) is 36.8. The highest BCUT2D eigenvalue weighted by molar-refractivity contribution is 7.99. The number of hydrogen-bond acceptors (Lipinski definition) is 23. The predicted molar refractivity (Wildman–Crippen MR) is 393 cm³/mol. The molecule has 558 valence electrons. The minimum atomic E-state index is -0.427. The van der Waals surface area contributed by atoms with Gasteiger partial charge in [0.1, 0.15) is 53.0 Å². The molecule has 0 aliphatic rings. The monoisotopic (exact) mass is 1430 g/mol. The molecule has 0 heterocycles. The summed E-state index contributed by atoms with van der Waals surface area (Å²) in [6.07, 6.45) is 27.0. The number of rotatable bonds is 71. The molecule has 0 aliphatic heterocycles. The molecule has 0 fully saturated rings. The molecule has 4 atom stereocenters. The lowest BCUT2D eigenvalue weighted by molar-refractivity contribution is -0.154. The van der Waals surface area contributed by atoms with E-state index in [-0.39, 0.29) is 132 Å². The Kier molecular flexibility index (Phi) is 66.8. The van der Waals surface area contributed by atoms with Crippen LogP contribution >= 0.6 is 47.0 Å². The Morgan fingerprint density at radius 2 is 0.558 bits per heavy atom. The molecule has 0 aromatic carbocycles. The molecule has 95 heavy (non-hydrogen) atoms. The second-order valence-corrected chi connectivity index (χ2v) is 29.7. The van der Waals surface area contributed by atoms with Crippen molar-refractivity contribution in [2.75, 3.05) is 172 Å². The molecule has 4 unspecified atom stereocenters. The normalized spacial score (nSPS) is 12.8. The molecule has 0 radical (unpaired) electrons. The maximum absolute atomic E-state index is 13.0. The van der Waals surface area contributed by atoms with Crippen molar-refractivity contribution >= 4 is 88.8 Å². The predicted octanol–water partition coefficient (Wildman–Crippen LogP) is 14.0. The van der Waals surface area contributed by atoms with Crippen LogP contribution in [-0.2, 0) is 76.2 Å². The summed E-state index contributed by atoms with van der Waals surface area (Å²) in [6.45, 7) is 21.8. The molecular weight excluding hydrogens is 1290 g/mol. The van der Waals surface area contributed by atoms with Crippen LogP contribution in [0.2, 0.25) is 0 Å². The molecule has 0 amide bonds. The average molecular weight is 1430 g/mol. The Balaban J connectivity index is 5.39. The van der Waals surface area contributed by atoms with Crippen molar-refractivity contribution in [2.45, 2.75) is 222 Å². The lowest BCUT2D eigenvalue weighted by Crippen LogP contribution is -2.34. The average Bonchev–Trinajstić information content (AvgIpc) is 3.78. The highest BCUT2D eigenvalue weighted by Gasteiger charge is 2.20. The lowest BCUT2D eigenvalue weighted by Gasteiger charge is -2.25. The van der Waals surface area contributed by atoms with E-state index in [9.17, 15) is 33.6 Å². The van der Waals surface area contributed by atoms with Gasteiger partial charge in [0, 0.05) is 49.2 Å². The van der Waals surface area contributed by atoms with E-state index in [1.54, 1.807) is 47.0 Å². The van der Waals surface area contributed by atoms with Gasteiger partial charge in [-0.15, -0.1) is 0 Å². The minimum absolute atomic E-state index is 0.00330. The Labute approximate surface area is 594 Å². The first kappa shape index (κ1) is 92.5. The fourth-order valence-corrected chi connectivity index (χ4v) is 13.9. The molecular formula is C72H135N3O16S4. The quantitative estimate of drug-likeness (QED) is 0.0240. The van der Waals surface area contributed by atoms with Crippen molar-refractivity contribution in [3.63, 3.8) is 0 Å². The van der Waals surface area contributed by atoms with Gasteiger partial charge in [-0.2, -0.15) is 47.0 Å². The third-order valence-corrected chi connectivity index (χ3v) is 21.0. The Hall–Kier alpha value is -2.51. The Morgan fingerprint density at radius 1 is 0.295 bits per heavy atom. The fourth-order valence-electron chi connectivity index (χ4n) is 9.65. The summed E-state index contributed by atoms with van der Waals surface area (Å²) >= 11 is 7.11. The van der Waals surface area contributed by atoms with Gasteiger partial charge in [0.05, 0.1) is 56.1 Å². The lowest BCUT2D eigenvalue weighted by atomic mass is 10.2. The van der Waals surface area contributed by atoms with Crippen molar-refractivity contribution in [3.8, 4) is 0 Å². The van der Waals surface area contributed by atoms with Crippen LogP contribution in [0.5, 0.6) is 0 Å². The molecule has 19 nitrogen and oxygen atoms in total. The third-order valence-electron chi connectivity index (χ3n) is 15.7. The van der Waals surface area contributed by atoms with E-state index in [2.05, 4.69) is 44.5 Å². The van der Waals surface area contributed by atoms with Gasteiger partial charge in [0.15, 0.2) is 0 Å². The van der Waals surface area contributed by atoms with Crippen molar-refractivity contribution in [1.29, 1.82) is 0 Å². The van der Waals surface area contributed by atoms with E-state index in [4.69, 9.17) is 42.6 Å². The number of nitrogens with zero attached hydrogens (tertiary/aromatic N) is 3. The summed E-state index contributed by atoms with van der Waals surface area (Å²) in [5, 5.41) is 0. The number of ether oxygens (including phenoxy) is 9. The van der Waals surface area contributed by atoms with Crippen LogP contribution in [0.15, 0.2) is 0 Å². The zero-order chi connectivity index (χ0) is 70.0. The molecule has 0 rings (SSSR count). The van der Waals surface area contributed by atoms with E-state index in [1.807, 2.05) is 32.6 Å². The standard InChI is InChI=1S/C72H135N3O16S4/c1-10-14-18-22-26-53-92-57-62(5)69(79)88-46-45-84-61-83-44-32-40-74(41-33-66(76)85-47-50-89-70(80)63(6)58-93-54-27-23-19-15-11-2)38-30-36-73(9)37-31-39-75(42-34-67(77)86-48-51-90-71(81)64(7)59-94-55-28-24-20-16-12-3)43-35-68(78)87-49-52-91-72(82)65(8)60-95-56-29-25-21-17-13-4/h62-65H,10-61H2,1-9H3. The molecule has 0 aliphatic carbocycles. The Morgan fingerprint density at radius 3 is 0.874 bits per heavy atom. The van der Waals surface area contributed by atoms with Gasteiger partial charge in [-0.25, -0.2) is 0 Å². The van der Waals surface area contributed by atoms with Gasteiger partial charge in [0.2, 0.25) is 0 Å². The SMILES string of the molecule is CCCCCCCSCC(C)C(=O)OCCOCOCCCN(CCCN(C)CCCN(CCC(=O)OCCOC(=O)C(C)CSCCCCCCC)CCC(=O)OCCOC(=O)C(C)CSCCCCCCC)CCC(=O)OCCOC(=O)C(C)CSCCCCCCC. The second-order valence-electron chi connectivity index (χ2n) is 25.1. The van der Waals surface area contributed by atoms with Crippen molar-refractivity contribution in [2.24, 2.45) is 23.7 Å². The molecule has 0 saturated carbocycles. The number of carbonyl (C=O) groups is 7. The molecule has 23 heteroatoms. The van der Waals surface area contributed by atoms with Crippen molar-refractivity contribution in [3.05, 3.63) is 0 Å². The smallest absolute Gasteiger partial charge is 0.309 e. The van der Waals surface area contributed by atoms with Gasteiger partial charge < -0.3 is 57.3 Å². The third kappa shape index (κ3) is 61.1. The number of hydrogen-bond donors (Lipinski definition) is 0. The summed E-state index contributed by atoms with van der Waals surface area (Å²) in [5.74, 6) is 3.73. The second kappa shape index (κ2) is 68.6. The molecule has 0 N–H and O–H groups in total. The fraction of sp³-hybridized carbons (Fsp3) is 0.903. The van der Waals surface area contributed by atoms with Crippen LogP contribution in [0.4, 0.5) is 0 Å². The van der Waals surface area contributed by atoms with Crippen LogP contribution in [0.25, 0.3) is 0 Å². The van der Waals surface area contributed by atoms with Crippen molar-refractivity contribution < 1.29 is 76.2 Å². The van der Waals surface area contributed by atoms with Gasteiger partial charge in [0.25, 0.3) is 0 Å². The van der Waals surface area contributed by atoms with Crippen LogP contribution in [0, 0.1) is 23.7 Å². The van der Waals surface area contributed by atoms with Crippen LogP contribution in [0.1, 0.15) is 222 Å². The first-order valence-corrected chi connectivity index (χ1v) is 41.4. The maximum Gasteiger partial charge on any atom is 0.309 e. The number of unbranched alkanes of at least 4 members (excludes halogenated alkanes) is 16. The summed E-state index contributed by atoms with van der Waals surface area (Å²) < 4.78 is 49.5. The highest BCUT2D eigenvalue weighted by Crippen LogP contribution is 2.18. The van der Waals surface area contributed by atoms with E-state index >= 15 is 0 Å². The maximum atomic E-state index is 13.0. The van der Waals surface area contributed by atoms with Crippen LogP contribution < -0.4 is 0 Å². The minimum Gasteiger partial charge on any atom is -0.463 e. The van der Waals surface area contributed by atoms with E-state index in [1.165, 1.54) is 109 Å². The highest BCUT2D eigenvalue weighted by atomic mass is 32.2. The zero-order valence-corrected chi connectivity index (χ0v) is 64.4. The van der Waals surface area contributed by atoms with Gasteiger partial charge in [-0.3, -0.25) is 33.6 Å². The summed E-state index contributed by atoms with van der Waals surface area (Å²) in [6, 6.07) is 0. The summed E-state index contributed by atoms with van der Waals surface area (Å²) in [7, 11) is 2.05. The number of thioether (sulfide) groups is 4. The van der Waals surface area contributed by atoms with E-state index in [0.717, 1.165) is 74.0 Å². The largest absolute Gasteiger partial charge is 0.463 e. The first-order chi connectivity index (χ1) is 46.1. The number of esters is 7. The van der Waals surface area contributed by atoms with E-state index < -0.39 is 11.9 Å². The molecule has 0 saturated heterocycles. The van der Waals surface area contributed by atoms with E-state index in [0.29, 0.717) is 69.6 Å². The zero-order valence-electron chi connectivity index (χ0n) is 61.1. The Bertz CT molecular complexity index is 1810. The number of carbonyl (C=O) groups excluding carboxylic acids is 7. The van der Waals surface area contributed by atoms with Gasteiger partial charge in [-0.1, -0.05) is 158 Å². The van der Waals surface area contributed by atoms with Gasteiger partial charge >= 0.3 is 41.8 Å². The topological polar surface area (TPSA) is 212 Å². The van der Waals surface area contributed by atoms with Crippen LogP contribution in [-0.4, -0.2) is 228 Å². The molecule has 0 bridgehead atoms. The molecule has 0 aromatic heterocycles. The summed E-state index contributed by atoms with van der Waals surface area (Å²) in [4.78, 5) is 95.7. The summed E-state index contributed by atoms with van der Waals surface area (Å²) in [5.41, 5.74) is 0. The molecule has 0 spiro atoms.